The van der Waals surface area contributed by atoms with E-state index in [-0.39, 0.29) is 34.0 Å². The lowest BCUT2D eigenvalue weighted by atomic mass is 9.78. The second kappa shape index (κ2) is 11.4. The predicted molar refractivity (Wildman–Crippen MR) is 134 cm³/mol. The highest BCUT2D eigenvalue weighted by atomic mass is 35.5. The molecule has 4 atom stereocenters. The zero-order valence-corrected chi connectivity index (χ0v) is 20.9. The first-order chi connectivity index (χ1) is 16.9. The number of fused-ring (bicyclic) bond motifs is 1. The highest BCUT2D eigenvalue weighted by molar-refractivity contribution is 6.40. The molecule has 2 aromatic rings. The van der Waals surface area contributed by atoms with Crippen molar-refractivity contribution in [3.8, 4) is 0 Å². The van der Waals surface area contributed by atoms with Gasteiger partial charge in [-0.05, 0) is 36.5 Å². The van der Waals surface area contributed by atoms with Crippen molar-refractivity contribution in [1.82, 2.24) is 15.6 Å². The summed E-state index contributed by atoms with van der Waals surface area (Å²) in [4.78, 5) is 41.7. The highest BCUT2D eigenvalue weighted by Gasteiger charge is 2.45. The first kappa shape index (κ1) is 25.4. The molecule has 2 amide bonds. The van der Waals surface area contributed by atoms with Gasteiger partial charge in [0.1, 0.15) is 6.04 Å². The van der Waals surface area contributed by atoms with Crippen LogP contribution in [-0.2, 0) is 20.7 Å². The summed E-state index contributed by atoms with van der Waals surface area (Å²) in [6.45, 7) is 0. The van der Waals surface area contributed by atoms with Crippen LogP contribution in [0.5, 0.6) is 0 Å². The number of anilines is 1. The van der Waals surface area contributed by atoms with Gasteiger partial charge in [-0.2, -0.15) is 0 Å². The number of hydrogen-bond acceptors (Lipinski definition) is 6. The molecule has 1 aliphatic carbocycles. The molecular formula is C25H28Cl2N4O4. The number of nitrogens with zero attached hydrogens (tertiary/aromatic N) is 1. The monoisotopic (exact) mass is 518 g/mol. The first-order valence-corrected chi connectivity index (χ1v) is 12.5. The average molecular weight is 519 g/mol. The Morgan fingerprint density at radius 3 is 2.46 bits per heavy atom. The van der Waals surface area contributed by atoms with Gasteiger partial charge in [-0.15, -0.1) is 0 Å². The summed E-state index contributed by atoms with van der Waals surface area (Å²) in [6, 6.07) is 6.27. The van der Waals surface area contributed by atoms with Crippen LogP contribution in [0.25, 0.3) is 0 Å². The number of hydrogen-bond donors (Lipinski definition) is 3. The molecular weight excluding hydrogens is 491 g/mol. The normalized spacial score (nSPS) is 22.1. The fourth-order valence-electron chi connectivity index (χ4n) is 4.83. The van der Waals surface area contributed by atoms with E-state index >= 15 is 0 Å². The smallest absolute Gasteiger partial charge is 0.328 e. The Kier molecular flexibility index (Phi) is 8.26. The van der Waals surface area contributed by atoms with Crippen LogP contribution < -0.4 is 16.0 Å². The molecule has 1 aromatic heterocycles. The Hall–Kier alpha value is -2.68. The second-order valence-electron chi connectivity index (χ2n) is 8.97. The average Bonchev–Trinajstić information content (AvgIpc) is 3.00. The maximum absolute atomic E-state index is 12.9. The van der Waals surface area contributed by atoms with E-state index in [1.165, 1.54) is 32.3 Å². The molecule has 186 valence electrons. The van der Waals surface area contributed by atoms with Crippen LogP contribution in [0.3, 0.4) is 0 Å². The number of amides is 2. The lowest BCUT2D eigenvalue weighted by molar-refractivity contribution is -0.146. The van der Waals surface area contributed by atoms with Crippen molar-refractivity contribution in [1.29, 1.82) is 0 Å². The third-order valence-corrected chi connectivity index (χ3v) is 7.28. The summed E-state index contributed by atoms with van der Waals surface area (Å²) in [5, 5.41) is 9.29. The molecule has 2 unspecified atom stereocenters. The maximum Gasteiger partial charge on any atom is 0.328 e. The molecule has 3 N–H and O–H groups in total. The maximum atomic E-state index is 12.9. The van der Waals surface area contributed by atoms with Gasteiger partial charge in [0.05, 0.1) is 28.8 Å². The third-order valence-electron chi connectivity index (χ3n) is 6.71. The number of carbonyl (C=O) groups is 3. The Morgan fingerprint density at radius 1 is 1.09 bits per heavy atom. The van der Waals surface area contributed by atoms with E-state index in [1.54, 1.807) is 24.3 Å². The Labute approximate surface area is 214 Å². The lowest BCUT2D eigenvalue weighted by Gasteiger charge is -2.45. The topological polar surface area (TPSA) is 109 Å². The SMILES string of the molecule is COC(=O)[C@H](Cc1ccc(NC(=O)c2c(Cl)cncc2Cl)cc1)NC(=O)[C@H]1NC2CCCCCC21. The minimum Gasteiger partial charge on any atom is -0.467 e. The van der Waals surface area contributed by atoms with Crippen LogP contribution in [0.1, 0.15) is 48.0 Å². The zero-order valence-electron chi connectivity index (χ0n) is 19.4. The van der Waals surface area contributed by atoms with Crippen LogP contribution in [0.2, 0.25) is 10.0 Å². The van der Waals surface area contributed by atoms with Crippen LogP contribution in [-0.4, -0.2) is 48.0 Å². The summed E-state index contributed by atoms with van der Waals surface area (Å²) in [5.41, 5.74) is 1.47. The second-order valence-corrected chi connectivity index (χ2v) is 9.78. The molecule has 2 fully saturated rings. The lowest BCUT2D eigenvalue weighted by Crippen LogP contribution is -2.67. The summed E-state index contributed by atoms with van der Waals surface area (Å²) >= 11 is 12.1. The zero-order chi connectivity index (χ0) is 24.9. The van der Waals surface area contributed by atoms with E-state index in [0.717, 1.165) is 24.8 Å². The van der Waals surface area contributed by atoms with Crippen LogP contribution >= 0.6 is 23.2 Å². The van der Waals surface area contributed by atoms with Gasteiger partial charge in [-0.1, -0.05) is 54.6 Å². The quantitative estimate of drug-likeness (QED) is 0.481. The summed E-state index contributed by atoms with van der Waals surface area (Å²) < 4.78 is 4.93. The molecule has 0 bridgehead atoms. The number of rotatable bonds is 7. The van der Waals surface area contributed by atoms with E-state index in [4.69, 9.17) is 27.9 Å². The largest absolute Gasteiger partial charge is 0.467 e. The molecule has 2 aliphatic rings. The van der Waals surface area contributed by atoms with E-state index in [2.05, 4.69) is 20.9 Å². The summed E-state index contributed by atoms with van der Waals surface area (Å²) in [6.07, 6.45) is 8.60. The van der Waals surface area contributed by atoms with Crippen LogP contribution in [0.15, 0.2) is 36.7 Å². The van der Waals surface area contributed by atoms with E-state index < -0.39 is 17.9 Å². The molecule has 1 aromatic carbocycles. The van der Waals surface area contributed by atoms with Gasteiger partial charge >= 0.3 is 5.97 Å². The van der Waals surface area contributed by atoms with E-state index in [1.807, 2.05) is 0 Å². The number of nitrogens with one attached hydrogen (secondary N) is 3. The Morgan fingerprint density at radius 2 is 1.77 bits per heavy atom. The van der Waals surface area contributed by atoms with E-state index in [9.17, 15) is 14.4 Å². The van der Waals surface area contributed by atoms with Gasteiger partial charge in [0.2, 0.25) is 5.91 Å². The number of esters is 1. The standard InChI is InChI=1S/C25H28Cl2N4O4/c1-35-25(34)20(31-24(33)22-16-5-3-2-4-6-19(16)30-22)11-14-7-9-15(10-8-14)29-23(32)21-17(26)12-28-13-18(21)27/h7-10,12-13,16,19-20,22,30H,2-6,11H2,1H3,(H,29,32)(H,31,33)/t16?,19?,20-,22-/m0/s1. The van der Waals surface area contributed by atoms with Crippen molar-refractivity contribution in [3.05, 3.63) is 57.8 Å². The number of aromatic nitrogens is 1. The number of pyridine rings is 1. The summed E-state index contributed by atoms with van der Waals surface area (Å²) in [5.74, 6) is -0.811. The number of carbonyl (C=O) groups excluding carboxylic acids is 3. The van der Waals surface area contributed by atoms with Gasteiger partial charge in [-0.25, -0.2) is 4.79 Å². The van der Waals surface area contributed by atoms with Gasteiger partial charge in [-0.3, -0.25) is 14.6 Å². The molecule has 2 heterocycles. The third kappa shape index (κ3) is 5.94. The Balaban J connectivity index is 1.38. The molecule has 0 radical (unpaired) electrons. The van der Waals surface area contributed by atoms with Crippen molar-refractivity contribution in [2.45, 2.75) is 56.7 Å². The van der Waals surface area contributed by atoms with Crippen molar-refractivity contribution in [3.63, 3.8) is 0 Å². The number of ether oxygens (including phenoxy) is 1. The summed E-state index contributed by atoms with van der Waals surface area (Å²) in [7, 11) is 1.30. The molecule has 35 heavy (non-hydrogen) atoms. The number of benzene rings is 1. The van der Waals surface area contributed by atoms with Crippen LogP contribution in [0.4, 0.5) is 5.69 Å². The van der Waals surface area contributed by atoms with Gasteiger partial charge in [0, 0.05) is 30.5 Å². The van der Waals surface area contributed by atoms with E-state index in [0.29, 0.717) is 17.6 Å². The number of methoxy groups -OCH3 is 1. The fourth-order valence-corrected chi connectivity index (χ4v) is 5.36. The minimum absolute atomic E-state index is 0.140. The molecule has 1 aliphatic heterocycles. The molecule has 0 spiro atoms. The van der Waals surface area contributed by atoms with Gasteiger partial charge in [0.15, 0.2) is 0 Å². The van der Waals surface area contributed by atoms with Crippen molar-refractivity contribution < 1.29 is 19.1 Å². The van der Waals surface area contributed by atoms with Crippen molar-refractivity contribution >= 4 is 46.7 Å². The molecule has 1 saturated heterocycles. The van der Waals surface area contributed by atoms with Crippen molar-refractivity contribution in [2.75, 3.05) is 12.4 Å². The minimum atomic E-state index is -0.811. The Bertz CT molecular complexity index is 1080. The molecule has 8 nitrogen and oxygen atoms in total. The molecule has 4 rings (SSSR count). The predicted octanol–water partition coefficient (Wildman–Crippen LogP) is 3.76. The first-order valence-electron chi connectivity index (χ1n) is 11.7. The van der Waals surface area contributed by atoms with Gasteiger partial charge in [0.25, 0.3) is 5.91 Å². The number of halogens is 2. The van der Waals surface area contributed by atoms with Crippen molar-refractivity contribution in [2.24, 2.45) is 5.92 Å². The highest BCUT2D eigenvalue weighted by Crippen LogP contribution is 2.33. The fraction of sp³-hybridized carbons (Fsp3) is 0.440. The van der Waals surface area contributed by atoms with Crippen LogP contribution in [0, 0.1) is 5.92 Å². The molecule has 10 heteroatoms. The molecule has 1 saturated carbocycles. The van der Waals surface area contributed by atoms with Gasteiger partial charge < -0.3 is 20.7 Å².